The van der Waals surface area contributed by atoms with Gasteiger partial charge in [0, 0.05) is 89.9 Å². The predicted molar refractivity (Wildman–Crippen MR) is 215 cm³/mol. The van der Waals surface area contributed by atoms with Crippen molar-refractivity contribution in [3.05, 3.63) is 67.2 Å². The molecule has 4 aliphatic rings. The number of aromatic nitrogens is 2. The van der Waals surface area contributed by atoms with Crippen LogP contribution in [-0.4, -0.2) is 123 Å². The van der Waals surface area contributed by atoms with Gasteiger partial charge in [-0.2, -0.15) is 0 Å². The lowest BCUT2D eigenvalue weighted by atomic mass is 10.1. The van der Waals surface area contributed by atoms with Gasteiger partial charge in [0.25, 0.3) is 0 Å². The Bertz CT molecular complexity index is 2290. The zero-order valence-electron chi connectivity index (χ0n) is 32.7. The third kappa shape index (κ3) is 7.83. The second-order valence-electron chi connectivity index (χ2n) is 15.3. The van der Waals surface area contributed by atoms with Crippen LogP contribution < -0.4 is 41.9 Å². The number of carbonyl (C=O) groups is 2. The molecular formula is C40H46F4N8O8. The van der Waals surface area contributed by atoms with E-state index in [1.165, 1.54) is 9.13 Å². The number of aromatic carboxylic acids is 2. The van der Waals surface area contributed by atoms with Crippen LogP contribution in [0.2, 0.25) is 0 Å². The topological polar surface area (TPSA) is 192 Å². The highest BCUT2D eigenvalue weighted by Gasteiger charge is 2.36. The van der Waals surface area contributed by atoms with Gasteiger partial charge >= 0.3 is 11.9 Å². The Labute approximate surface area is 340 Å². The summed E-state index contributed by atoms with van der Waals surface area (Å²) in [5, 5.41) is 30.9. The highest BCUT2D eigenvalue weighted by molar-refractivity contribution is 6.02. The first-order valence-electron chi connectivity index (χ1n) is 20.2. The van der Waals surface area contributed by atoms with Gasteiger partial charge < -0.3 is 59.9 Å². The summed E-state index contributed by atoms with van der Waals surface area (Å²) in [6.45, 7) is 3.23. The largest absolute Gasteiger partial charge is 0.477 e. The number of nitrogens with zero attached hydrogens (tertiary/aromatic N) is 4. The molecule has 60 heavy (non-hydrogen) atoms. The number of piperazine rings is 2. The Morgan fingerprint density at radius 3 is 1.32 bits per heavy atom. The zero-order valence-corrected chi connectivity index (χ0v) is 32.7. The van der Waals surface area contributed by atoms with Crippen molar-refractivity contribution in [1.82, 2.24) is 19.8 Å². The molecule has 8 rings (SSSR count). The minimum atomic E-state index is -1.51. The summed E-state index contributed by atoms with van der Waals surface area (Å²) in [6.07, 6.45) is 4.88. The smallest absolute Gasteiger partial charge is 0.341 e. The van der Waals surface area contributed by atoms with E-state index < -0.39 is 57.2 Å². The number of rotatable bonds is 17. The van der Waals surface area contributed by atoms with E-state index in [4.69, 9.17) is 9.47 Å². The summed E-state index contributed by atoms with van der Waals surface area (Å²) in [6, 6.07) is -0.462. The van der Waals surface area contributed by atoms with E-state index in [0.717, 1.165) is 12.4 Å². The minimum absolute atomic E-state index is 0.0148. The van der Waals surface area contributed by atoms with E-state index >= 15 is 17.6 Å². The normalized spacial score (nSPS) is 17.1. The van der Waals surface area contributed by atoms with E-state index in [0.29, 0.717) is 78.0 Å². The molecule has 2 saturated carbocycles. The van der Waals surface area contributed by atoms with Gasteiger partial charge in [-0.3, -0.25) is 9.59 Å². The first kappa shape index (κ1) is 41.3. The zero-order chi connectivity index (χ0) is 42.2. The number of pyridine rings is 2. The quantitative estimate of drug-likeness (QED) is 0.0671. The summed E-state index contributed by atoms with van der Waals surface area (Å²) in [7, 11) is 0. The number of benzene rings is 2. The van der Waals surface area contributed by atoms with Gasteiger partial charge in [-0.05, 0) is 25.7 Å². The summed E-state index contributed by atoms with van der Waals surface area (Å²) in [4.78, 5) is 54.2. The van der Waals surface area contributed by atoms with Crippen molar-refractivity contribution in [3.8, 4) is 0 Å². The van der Waals surface area contributed by atoms with Gasteiger partial charge in [0.2, 0.25) is 10.9 Å². The van der Waals surface area contributed by atoms with Gasteiger partial charge in [0.1, 0.15) is 22.5 Å². The highest BCUT2D eigenvalue weighted by Crippen LogP contribution is 2.44. The Kier molecular flexibility index (Phi) is 11.9. The van der Waals surface area contributed by atoms with E-state index in [2.05, 4.69) is 21.3 Å². The molecule has 0 radical (unpaired) electrons. The van der Waals surface area contributed by atoms with Crippen molar-refractivity contribution < 1.29 is 46.8 Å². The number of ether oxygens (including phenoxy) is 2. The van der Waals surface area contributed by atoms with Gasteiger partial charge in [-0.15, -0.1) is 0 Å². The second kappa shape index (κ2) is 17.3. The van der Waals surface area contributed by atoms with Crippen LogP contribution in [-0.2, 0) is 9.47 Å². The molecule has 2 aliphatic carbocycles. The van der Waals surface area contributed by atoms with Crippen LogP contribution in [0.25, 0.3) is 21.8 Å². The van der Waals surface area contributed by atoms with Crippen LogP contribution in [0.4, 0.5) is 40.3 Å². The van der Waals surface area contributed by atoms with Gasteiger partial charge in [0.05, 0.1) is 59.6 Å². The van der Waals surface area contributed by atoms with Crippen LogP contribution in [0, 0.1) is 23.3 Å². The molecule has 6 N–H and O–H groups in total. The Hall–Kier alpha value is -5.44. The molecule has 0 amide bonds. The Morgan fingerprint density at radius 2 is 0.983 bits per heavy atom. The number of nitrogens with one attached hydrogen (secondary N) is 4. The number of hydrogen-bond donors (Lipinski definition) is 6. The number of halogens is 4. The Balaban J connectivity index is 0.938. The predicted octanol–water partition coefficient (Wildman–Crippen LogP) is 3.32. The standard InChI is InChI=1S/C40H46F4N8O8/c41-27-31(25-33(29(43)35(27)49-11-5-45-6-12-49)51(21-1-2-21)19-23(37(25)53)39(55)56)47-9-15-59-17-18-60-16-10-48-32-26-34(30(44)36(28(32)42)50-13-7-46-8-14-50)52(22-3-4-22)20-24(38(26)54)40(57)58/h19-22,45-48H,1-18H2,(H,55,56)(H,57,58). The summed E-state index contributed by atoms with van der Waals surface area (Å²) in [5.41, 5.74) is -4.72. The number of carboxylic acids is 2. The van der Waals surface area contributed by atoms with Gasteiger partial charge in [-0.1, -0.05) is 0 Å². The molecule has 0 unspecified atom stereocenters. The fourth-order valence-electron chi connectivity index (χ4n) is 8.12. The molecular weight excluding hydrogens is 796 g/mol. The molecule has 0 bridgehead atoms. The van der Waals surface area contributed by atoms with Crippen molar-refractivity contribution in [2.75, 3.05) is 112 Å². The lowest BCUT2D eigenvalue weighted by molar-refractivity contribution is 0.0557. The second-order valence-corrected chi connectivity index (χ2v) is 15.3. The average Bonchev–Trinajstić information content (AvgIpc) is 4.17. The van der Waals surface area contributed by atoms with Crippen LogP contribution in [0.5, 0.6) is 0 Å². The van der Waals surface area contributed by atoms with E-state index in [9.17, 15) is 29.4 Å². The molecule has 20 heteroatoms. The maximum absolute atomic E-state index is 16.3. The van der Waals surface area contributed by atoms with Crippen molar-refractivity contribution >= 4 is 56.5 Å². The summed E-state index contributed by atoms with van der Waals surface area (Å²) >= 11 is 0. The third-order valence-electron chi connectivity index (χ3n) is 11.3. The molecule has 0 spiro atoms. The van der Waals surface area contributed by atoms with Crippen molar-refractivity contribution in [2.45, 2.75) is 37.8 Å². The third-order valence-corrected chi connectivity index (χ3v) is 11.3. The fraction of sp³-hybridized carbons (Fsp3) is 0.500. The van der Waals surface area contributed by atoms with Gasteiger partial charge in [-0.25, -0.2) is 27.2 Å². The minimum Gasteiger partial charge on any atom is -0.477 e. The SMILES string of the molecule is O=C(O)c1cn(C2CC2)c2c(F)c(N3CCNCC3)c(F)c(NCCOCCOCCNc3c(F)c(N4CCNCC4)c(F)c4c3c(=O)c(C(=O)O)cn4C3CC3)c2c1=O. The molecule has 16 nitrogen and oxygen atoms in total. The first-order valence-corrected chi connectivity index (χ1v) is 20.2. The van der Waals surface area contributed by atoms with E-state index in [-0.39, 0.29) is 96.2 Å². The molecule has 322 valence electrons. The monoisotopic (exact) mass is 842 g/mol. The van der Waals surface area contributed by atoms with E-state index in [1.807, 2.05) is 0 Å². The molecule has 4 heterocycles. The lowest BCUT2D eigenvalue weighted by Crippen LogP contribution is -2.44. The van der Waals surface area contributed by atoms with Gasteiger partial charge in [0.15, 0.2) is 23.3 Å². The molecule has 2 saturated heterocycles. The maximum Gasteiger partial charge on any atom is 0.341 e. The first-order chi connectivity index (χ1) is 29.0. The summed E-state index contributed by atoms with van der Waals surface area (Å²) < 4.78 is 79.5. The summed E-state index contributed by atoms with van der Waals surface area (Å²) in [5.74, 6) is -6.86. The molecule has 2 aliphatic heterocycles. The van der Waals surface area contributed by atoms with Crippen molar-refractivity contribution in [3.63, 3.8) is 0 Å². The number of fused-ring (bicyclic) bond motifs is 2. The van der Waals surface area contributed by atoms with Crippen LogP contribution in [0.15, 0.2) is 22.0 Å². The molecule has 4 aromatic rings. The lowest BCUT2D eigenvalue weighted by Gasteiger charge is -2.31. The number of carboxylic acid groups (broad SMARTS) is 2. The van der Waals surface area contributed by atoms with E-state index in [1.54, 1.807) is 9.80 Å². The molecule has 4 fully saturated rings. The van der Waals surface area contributed by atoms with Crippen molar-refractivity contribution in [1.29, 1.82) is 0 Å². The molecule has 2 aromatic carbocycles. The average molecular weight is 843 g/mol. The fourth-order valence-corrected chi connectivity index (χ4v) is 8.12. The maximum atomic E-state index is 16.3. The Morgan fingerprint density at radius 1 is 0.617 bits per heavy atom. The van der Waals surface area contributed by atoms with Crippen LogP contribution in [0.3, 0.4) is 0 Å². The van der Waals surface area contributed by atoms with Crippen LogP contribution in [0.1, 0.15) is 58.5 Å². The number of hydrogen-bond acceptors (Lipinski definition) is 12. The highest BCUT2D eigenvalue weighted by atomic mass is 19.1. The van der Waals surface area contributed by atoms with Crippen LogP contribution >= 0.6 is 0 Å². The molecule has 2 aromatic heterocycles. The number of anilines is 4. The van der Waals surface area contributed by atoms with Crippen molar-refractivity contribution in [2.24, 2.45) is 0 Å². The molecule has 0 atom stereocenters.